The highest BCUT2D eigenvalue weighted by molar-refractivity contribution is 5.72. The summed E-state index contributed by atoms with van der Waals surface area (Å²) in [4.78, 5) is 22.0. The molecule has 4 nitrogen and oxygen atoms in total. The quantitative estimate of drug-likeness (QED) is 0.598. The van der Waals surface area contributed by atoms with E-state index in [-0.39, 0.29) is 5.92 Å². The van der Waals surface area contributed by atoms with Gasteiger partial charge in [-0.25, -0.2) is 0 Å². The van der Waals surface area contributed by atoms with Gasteiger partial charge in [0.05, 0.1) is 0 Å². The Hall–Kier alpha value is -1.84. The van der Waals surface area contributed by atoms with E-state index in [9.17, 15) is 9.59 Å². The number of hydrogen-bond donors (Lipinski definition) is 0. The smallest absolute Gasteiger partial charge is 0.308 e. The summed E-state index contributed by atoms with van der Waals surface area (Å²) in [5.41, 5.74) is 0.720. The Kier molecular flexibility index (Phi) is 4.26. The van der Waals surface area contributed by atoms with E-state index in [0.29, 0.717) is 11.5 Å². The van der Waals surface area contributed by atoms with Gasteiger partial charge in [0.15, 0.2) is 0 Å². The van der Waals surface area contributed by atoms with Crippen molar-refractivity contribution in [3.05, 3.63) is 23.8 Å². The van der Waals surface area contributed by atoms with Crippen molar-refractivity contribution < 1.29 is 19.1 Å². The van der Waals surface area contributed by atoms with Gasteiger partial charge < -0.3 is 9.47 Å². The molecule has 0 fully saturated rings. The lowest BCUT2D eigenvalue weighted by Gasteiger charge is -2.15. The van der Waals surface area contributed by atoms with Crippen LogP contribution in [0.5, 0.6) is 11.5 Å². The van der Waals surface area contributed by atoms with Gasteiger partial charge in [-0.05, 0) is 18.1 Å². The van der Waals surface area contributed by atoms with Crippen LogP contribution in [-0.4, -0.2) is 11.9 Å². The number of benzene rings is 1. The summed E-state index contributed by atoms with van der Waals surface area (Å²) in [5, 5.41) is 0. The third-order valence-corrected chi connectivity index (χ3v) is 2.11. The van der Waals surface area contributed by atoms with Crippen LogP contribution in [0, 0.1) is 0 Å². The van der Waals surface area contributed by atoms with Crippen LogP contribution in [0.4, 0.5) is 0 Å². The second kappa shape index (κ2) is 5.48. The molecule has 0 aliphatic carbocycles. The van der Waals surface area contributed by atoms with E-state index in [1.807, 2.05) is 13.8 Å². The van der Waals surface area contributed by atoms with Crippen LogP contribution in [0.25, 0.3) is 0 Å². The molecule has 0 aliphatic heterocycles. The van der Waals surface area contributed by atoms with Crippen molar-refractivity contribution in [2.24, 2.45) is 0 Å². The van der Waals surface area contributed by atoms with Crippen molar-refractivity contribution in [2.45, 2.75) is 33.6 Å². The highest BCUT2D eigenvalue weighted by Gasteiger charge is 2.16. The summed E-state index contributed by atoms with van der Waals surface area (Å²) in [5.74, 6) is 0.163. The van der Waals surface area contributed by atoms with Gasteiger partial charge in [0.2, 0.25) is 0 Å². The molecule has 0 aromatic heterocycles. The second-order valence-corrected chi connectivity index (χ2v) is 4.01. The number of esters is 2. The number of rotatable bonds is 3. The molecule has 0 saturated heterocycles. The second-order valence-electron chi connectivity index (χ2n) is 4.01. The monoisotopic (exact) mass is 236 g/mol. The largest absolute Gasteiger partial charge is 0.426 e. The van der Waals surface area contributed by atoms with Crippen LogP contribution < -0.4 is 9.47 Å². The van der Waals surface area contributed by atoms with Crippen LogP contribution in [0.1, 0.15) is 39.2 Å². The third-order valence-electron chi connectivity index (χ3n) is 2.11. The highest BCUT2D eigenvalue weighted by atomic mass is 16.5. The highest BCUT2D eigenvalue weighted by Crippen LogP contribution is 2.35. The van der Waals surface area contributed by atoms with Crippen molar-refractivity contribution in [3.63, 3.8) is 0 Å². The van der Waals surface area contributed by atoms with E-state index in [1.54, 1.807) is 18.2 Å². The molecule has 0 saturated carbocycles. The Morgan fingerprint density at radius 2 is 1.41 bits per heavy atom. The Morgan fingerprint density at radius 1 is 1.00 bits per heavy atom. The van der Waals surface area contributed by atoms with Crippen molar-refractivity contribution in [3.8, 4) is 11.5 Å². The van der Waals surface area contributed by atoms with Gasteiger partial charge in [0.25, 0.3) is 0 Å². The van der Waals surface area contributed by atoms with Crippen molar-refractivity contribution in [2.75, 3.05) is 0 Å². The fraction of sp³-hybridized carbons (Fsp3) is 0.385. The van der Waals surface area contributed by atoms with Crippen molar-refractivity contribution in [1.82, 2.24) is 0 Å². The van der Waals surface area contributed by atoms with Gasteiger partial charge in [-0.3, -0.25) is 9.59 Å². The van der Waals surface area contributed by atoms with Crippen LogP contribution in [0.2, 0.25) is 0 Å². The molecule has 1 aromatic carbocycles. The topological polar surface area (TPSA) is 52.6 Å². The molecule has 0 spiro atoms. The van der Waals surface area contributed by atoms with E-state index in [1.165, 1.54) is 13.8 Å². The van der Waals surface area contributed by atoms with Gasteiger partial charge in [0, 0.05) is 19.4 Å². The molecule has 1 aromatic rings. The van der Waals surface area contributed by atoms with Crippen LogP contribution >= 0.6 is 0 Å². The van der Waals surface area contributed by atoms with Gasteiger partial charge >= 0.3 is 11.9 Å². The first-order valence-electron chi connectivity index (χ1n) is 5.41. The number of ether oxygens (including phenoxy) is 2. The zero-order valence-electron chi connectivity index (χ0n) is 10.4. The average molecular weight is 236 g/mol. The van der Waals surface area contributed by atoms with Gasteiger partial charge in [-0.15, -0.1) is 0 Å². The third kappa shape index (κ3) is 3.59. The predicted molar refractivity (Wildman–Crippen MR) is 63.1 cm³/mol. The molecule has 4 heteroatoms. The molecule has 0 heterocycles. The fourth-order valence-corrected chi connectivity index (χ4v) is 1.58. The lowest BCUT2D eigenvalue weighted by Crippen LogP contribution is -2.09. The number of carbonyl (C=O) groups is 2. The average Bonchev–Trinajstić information content (AvgIpc) is 2.14. The first kappa shape index (κ1) is 13.2. The fourth-order valence-electron chi connectivity index (χ4n) is 1.58. The van der Waals surface area contributed by atoms with E-state index >= 15 is 0 Å². The van der Waals surface area contributed by atoms with Crippen molar-refractivity contribution >= 4 is 11.9 Å². The summed E-state index contributed by atoms with van der Waals surface area (Å²) >= 11 is 0. The first-order valence-corrected chi connectivity index (χ1v) is 5.41. The van der Waals surface area contributed by atoms with Crippen LogP contribution in [0.3, 0.4) is 0 Å². The molecule has 0 amide bonds. The van der Waals surface area contributed by atoms with E-state index < -0.39 is 11.9 Å². The predicted octanol–water partition coefficient (Wildman–Crippen LogP) is 2.66. The summed E-state index contributed by atoms with van der Waals surface area (Å²) in [6.45, 7) is 6.55. The lowest BCUT2D eigenvalue weighted by atomic mass is 10.0. The SMILES string of the molecule is CC(=O)Oc1cccc(OC(C)=O)c1C(C)C. The number of hydrogen-bond acceptors (Lipinski definition) is 4. The maximum atomic E-state index is 11.0. The summed E-state index contributed by atoms with van der Waals surface area (Å²) in [7, 11) is 0. The molecule has 92 valence electrons. The zero-order valence-corrected chi connectivity index (χ0v) is 10.4. The number of carbonyl (C=O) groups excluding carboxylic acids is 2. The molecule has 0 bridgehead atoms. The Labute approximate surface area is 101 Å². The van der Waals surface area contributed by atoms with Crippen LogP contribution in [0.15, 0.2) is 18.2 Å². The Bertz CT molecular complexity index is 401. The molecule has 17 heavy (non-hydrogen) atoms. The summed E-state index contributed by atoms with van der Waals surface area (Å²) in [6.07, 6.45) is 0. The molecule has 0 atom stereocenters. The Morgan fingerprint density at radius 3 is 1.71 bits per heavy atom. The standard InChI is InChI=1S/C13H16O4/c1-8(2)13-11(16-9(3)14)6-5-7-12(13)17-10(4)15/h5-8H,1-4H3. The molecule has 0 unspecified atom stereocenters. The minimum atomic E-state index is -0.396. The zero-order chi connectivity index (χ0) is 13.0. The minimum Gasteiger partial charge on any atom is -0.426 e. The van der Waals surface area contributed by atoms with Gasteiger partial charge in [0.1, 0.15) is 11.5 Å². The molecular formula is C13H16O4. The molecule has 0 aliphatic rings. The van der Waals surface area contributed by atoms with Crippen molar-refractivity contribution in [1.29, 1.82) is 0 Å². The maximum Gasteiger partial charge on any atom is 0.308 e. The first-order chi connectivity index (χ1) is 7.91. The maximum absolute atomic E-state index is 11.0. The molecule has 0 N–H and O–H groups in total. The van der Waals surface area contributed by atoms with E-state index in [0.717, 1.165) is 5.56 Å². The lowest BCUT2D eigenvalue weighted by molar-refractivity contribution is -0.132. The van der Waals surface area contributed by atoms with Gasteiger partial charge in [-0.1, -0.05) is 19.9 Å². The summed E-state index contributed by atoms with van der Waals surface area (Å²) in [6, 6.07) is 5.05. The van der Waals surface area contributed by atoms with E-state index in [4.69, 9.17) is 9.47 Å². The summed E-state index contributed by atoms with van der Waals surface area (Å²) < 4.78 is 10.2. The minimum absolute atomic E-state index is 0.0832. The molecule has 1 rings (SSSR count). The molecule has 0 radical (unpaired) electrons. The van der Waals surface area contributed by atoms with E-state index in [2.05, 4.69) is 0 Å². The molecular weight excluding hydrogens is 220 g/mol. The normalized spacial score (nSPS) is 10.2. The van der Waals surface area contributed by atoms with Gasteiger partial charge in [-0.2, -0.15) is 0 Å². The van der Waals surface area contributed by atoms with Crippen LogP contribution in [-0.2, 0) is 9.59 Å². The Balaban J connectivity index is 3.21.